The van der Waals surface area contributed by atoms with Gasteiger partial charge in [-0.1, -0.05) is 48.9 Å². The van der Waals surface area contributed by atoms with E-state index in [1.807, 2.05) is 37.3 Å². The fraction of sp³-hybridized carbons (Fsp3) is 0.222. The second kappa shape index (κ2) is 7.44. The smallest absolute Gasteiger partial charge is 0.248 e. The number of tetrazole rings is 1. The average Bonchev–Trinajstić information content (AvgIpc) is 3.06. The van der Waals surface area contributed by atoms with Crippen molar-refractivity contribution in [3.05, 3.63) is 58.6 Å². The molecule has 0 spiro atoms. The number of amides is 1. The van der Waals surface area contributed by atoms with Gasteiger partial charge in [0.25, 0.3) is 0 Å². The molecule has 25 heavy (non-hydrogen) atoms. The molecule has 1 aromatic heterocycles. The van der Waals surface area contributed by atoms with E-state index >= 15 is 0 Å². The highest BCUT2D eigenvalue weighted by Gasteiger charge is 2.11. The van der Waals surface area contributed by atoms with Gasteiger partial charge in [-0.05, 0) is 41.8 Å². The Kier molecular flexibility index (Phi) is 5.09. The van der Waals surface area contributed by atoms with Crippen molar-refractivity contribution in [2.45, 2.75) is 26.8 Å². The predicted octanol–water partition coefficient (Wildman–Crippen LogP) is 3.50. The highest BCUT2D eigenvalue weighted by molar-refractivity contribution is 6.33. The minimum absolute atomic E-state index is 0.0375. The van der Waals surface area contributed by atoms with Gasteiger partial charge in [-0.2, -0.15) is 4.80 Å². The number of rotatable bonds is 5. The van der Waals surface area contributed by atoms with Crippen LogP contribution in [-0.2, 0) is 17.8 Å². The zero-order valence-electron chi connectivity index (χ0n) is 14.0. The molecule has 0 fully saturated rings. The summed E-state index contributed by atoms with van der Waals surface area (Å²) >= 11 is 6.12. The molecular weight excluding hydrogens is 338 g/mol. The van der Waals surface area contributed by atoms with Crippen molar-refractivity contribution in [1.82, 2.24) is 20.2 Å². The van der Waals surface area contributed by atoms with Crippen LogP contribution in [0.5, 0.6) is 0 Å². The molecule has 0 atom stereocenters. The summed E-state index contributed by atoms with van der Waals surface area (Å²) in [6.45, 7) is 4.00. The molecule has 7 heteroatoms. The Bertz CT molecular complexity index is 889. The first kappa shape index (κ1) is 17.1. The molecule has 0 saturated carbocycles. The lowest BCUT2D eigenvalue weighted by molar-refractivity contribution is -0.117. The van der Waals surface area contributed by atoms with Crippen LogP contribution in [0.25, 0.3) is 11.4 Å². The van der Waals surface area contributed by atoms with E-state index in [0.717, 1.165) is 17.5 Å². The maximum Gasteiger partial charge on any atom is 0.248 e. The van der Waals surface area contributed by atoms with Gasteiger partial charge in [0.1, 0.15) is 6.54 Å². The van der Waals surface area contributed by atoms with Crippen LogP contribution in [0.1, 0.15) is 18.1 Å². The largest absolute Gasteiger partial charge is 0.323 e. The zero-order chi connectivity index (χ0) is 17.8. The van der Waals surface area contributed by atoms with Crippen molar-refractivity contribution in [3.63, 3.8) is 0 Å². The van der Waals surface area contributed by atoms with Crippen LogP contribution in [0, 0.1) is 6.92 Å². The summed E-state index contributed by atoms with van der Waals surface area (Å²) < 4.78 is 0. The van der Waals surface area contributed by atoms with E-state index in [-0.39, 0.29) is 12.5 Å². The molecule has 0 aliphatic heterocycles. The molecule has 1 amide bonds. The minimum Gasteiger partial charge on any atom is -0.323 e. The Morgan fingerprint density at radius 1 is 1.20 bits per heavy atom. The number of carbonyl (C=O) groups excluding carboxylic acids is 1. The van der Waals surface area contributed by atoms with Crippen molar-refractivity contribution >= 4 is 23.2 Å². The molecule has 3 rings (SSSR count). The van der Waals surface area contributed by atoms with Crippen LogP contribution in [-0.4, -0.2) is 26.1 Å². The topological polar surface area (TPSA) is 72.7 Å². The minimum atomic E-state index is -0.268. The van der Waals surface area contributed by atoms with E-state index in [9.17, 15) is 4.79 Å². The van der Waals surface area contributed by atoms with E-state index < -0.39 is 0 Å². The third kappa shape index (κ3) is 4.22. The average molecular weight is 356 g/mol. The molecule has 1 heterocycles. The maximum absolute atomic E-state index is 12.1. The van der Waals surface area contributed by atoms with Crippen LogP contribution < -0.4 is 5.32 Å². The number of nitrogens with one attached hydrogen (secondary N) is 1. The zero-order valence-corrected chi connectivity index (χ0v) is 14.8. The van der Waals surface area contributed by atoms with E-state index in [0.29, 0.717) is 16.5 Å². The summed E-state index contributed by atoms with van der Waals surface area (Å²) in [5.74, 6) is 0.222. The van der Waals surface area contributed by atoms with Gasteiger partial charge < -0.3 is 5.32 Å². The fourth-order valence-electron chi connectivity index (χ4n) is 2.35. The van der Waals surface area contributed by atoms with Gasteiger partial charge in [-0.3, -0.25) is 4.79 Å². The molecule has 2 aromatic carbocycles. The highest BCUT2D eigenvalue weighted by atomic mass is 35.5. The van der Waals surface area contributed by atoms with Gasteiger partial charge in [-0.15, -0.1) is 10.2 Å². The van der Waals surface area contributed by atoms with Crippen molar-refractivity contribution < 1.29 is 4.79 Å². The molecule has 0 unspecified atom stereocenters. The Hall–Kier alpha value is -2.73. The summed E-state index contributed by atoms with van der Waals surface area (Å²) in [6, 6.07) is 13.4. The molecule has 0 saturated heterocycles. The van der Waals surface area contributed by atoms with E-state index in [1.54, 1.807) is 12.1 Å². The highest BCUT2D eigenvalue weighted by Crippen LogP contribution is 2.22. The SMILES string of the molecule is CCc1ccc(-c2nnn(CC(=O)Nc3ccc(C)cc3Cl)n2)cc1. The first-order chi connectivity index (χ1) is 12.0. The van der Waals surface area contributed by atoms with Gasteiger partial charge in [0.2, 0.25) is 11.7 Å². The van der Waals surface area contributed by atoms with Gasteiger partial charge in [-0.25, -0.2) is 0 Å². The number of hydrogen-bond acceptors (Lipinski definition) is 4. The molecule has 6 nitrogen and oxygen atoms in total. The van der Waals surface area contributed by atoms with Crippen LogP contribution >= 0.6 is 11.6 Å². The maximum atomic E-state index is 12.1. The van der Waals surface area contributed by atoms with Gasteiger partial charge in [0, 0.05) is 5.56 Å². The van der Waals surface area contributed by atoms with Gasteiger partial charge >= 0.3 is 0 Å². The van der Waals surface area contributed by atoms with E-state index in [1.165, 1.54) is 10.4 Å². The number of hydrogen-bond donors (Lipinski definition) is 1. The van der Waals surface area contributed by atoms with Gasteiger partial charge in [0.15, 0.2) is 0 Å². The third-order valence-electron chi connectivity index (χ3n) is 3.76. The summed E-state index contributed by atoms with van der Waals surface area (Å²) in [7, 11) is 0. The van der Waals surface area contributed by atoms with Crippen LogP contribution in [0.15, 0.2) is 42.5 Å². The Morgan fingerprint density at radius 3 is 2.64 bits per heavy atom. The number of aryl methyl sites for hydroxylation is 2. The molecule has 0 aliphatic rings. The number of carbonyl (C=O) groups is 1. The molecule has 3 aromatic rings. The molecule has 0 bridgehead atoms. The summed E-state index contributed by atoms with van der Waals surface area (Å²) in [4.78, 5) is 13.4. The summed E-state index contributed by atoms with van der Waals surface area (Å²) in [5, 5.41) is 15.4. The first-order valence-corrected chi connectivity index (χ1v) is 8.36. The quantitative estimate of drug-likeness (QED) is 0.760. The molecule has 0 aliphatic carbocycles. The van der Waals surface area contributed by atoms with Crippen molar-refractivity contribution in [2.75, 3.05) is 5.32 Å². The lowest BCUT2D eigenvalue weighted by Gasteiger charge is -2.07. The Labute approximate surface area is 150 Å². The van der Waals surface area contributed by atoms with Crippen LogP contribution in [0.2, 0.25) is 5.02 Å². The number of halogens is 1. The van der Waals surface area contributed by atoms with Crippen molar-refractivity contribution in [1.29, 1.82) is 0 Å². The first-order valence-electron chi connectivity index (χ1n) is 7.98. The molecule has 128 valence electrons. The normalized spacial score (nSPS) is 10.7. The van der Waals surface area contributed by atoms with Crippen LogP contribution in [0.4, 0.5) is 5.69 Å². The summed E-state index contributed by atoms with van der Waals surface area (Å²) in [6.07, 6.45) is 0.974. The summed E-state index contributed by atoms with van der Waals surface area (Å²) in [5.41, 5.74) is 3.70. The van der Waals surface area contributed by atoms with Crippen molar-refractivity contribution in [3.8, 4) is 11.4 Å². The number of nitrogens with zero attached hydrogens (tertiary/aromatic N) is 4. The van der Waals surface area contributed by atoms with E-state index in [2.05, 4.69) is 27.7 Å². The monoisotopic (exact) mass is 355 g/mol. The number of anilines is 1. The number of aromatic nitrogens is 4. The second-order valence-corrected chi connectivity index (χ2v) is 6.13. The second-order valence-electron chi connectivity index (χ2n) is 5.73. The number of benzene rings is 2. The Morgan fingerprint density at radius 2 is 1.96 bits per heavy atom. The fourth-order valence-corrected chi connectivity index (χ4v) is 2.64. The molecular formula is C18H18ClN5O. The van der Waals surface area contributed by atoms with E-state index in [4.69, 9.17) is 11.6 Å². The molecule has 1 N–H and O–H groups in total. The Balaban J connectivity index is 1.67. The van der Waals surface area contributed by atoms with Crippen molar-refractivity contribution in [2.24, 2.45) is 0 Å². The standard InChI is InChI=1S/C18H18ClN5O/c1-3-13-5-7-14(8-6-13)18-21-23-24(22-18)11-17(25)20-16-9-4-12(2)10-15(16)19/h4-10H,3,11H2,1-2H3,(H,20,25). The third-order valence-corrected chi connectivity index (χ3v) is 4.07. The van der Waals surface area contributed by atoms with Gasteiger partial charge in [0.05, 0.1) is 10.7 Å². The lowest BCUT2D eigenvalue weighted by Crippen LogP contribution is -2.20. The lowest BCUT2D eigenvalue weighted by atomic mass is 10.1. The van der Waals surface area contributed by atoms with Crippen LogP contribution in [0.3, 0.4) is 0 Å². The molecule has 0 radical (unpaired) electrons. The predicted molar refractivity (Wildman–Crippen MR) is 97.4 cm³/mol.